The summed E-state index contributed by atoms with van der Waals surface area (Å²) < 4.78 is 27.5. The second-order valence-corrected chi connectivity index (χ2v) is 5.39. The number of benzene rings is 2. The van der Waals surface area contributed by atoms with Gasteiger partial charge in [-0.3, -0.25) is 4.79 Å². The first-order valence-corrected chi connectivity index (χ1v) is 6.78. The second kappa shape index (κ2) is 5.79. The lowest BCUT2D eigenvalue weighted by molar-refractivity contribution is 0.102. The van der Waals surface area contributed by atoms with Crippen LogP contribution in [0.5, 0.6) is 0 Å². The minimum Gasteiger partial charge on any atom is -0.319 e. The Morgan fingerprint density at radius 2 is 1.68 bits per heavy atom. The van der Waals surface area contributed by atoms with Crippen LogP contribution in [0.1, 0.15) is 10.4 Å². The smallest absolute Gasteiger partial charge is 0.256 e. The van der Waals surface area contributed by atoms with Crippen LogP contribution in [-0.4, -0.2) is 5.91 Å². The Labute approximate surface area is 125 Å². The summed E-state index contributed by atoms with van der Waals surface area (Å²) in [6.07, 6.45) is 0. The third-order valence-corrected chi connectivity index (χ3v) is 3.68. The van der Waals surface area contributed by atoms with Gasteiger partial charge in [-0.1, -0.05) is 12.1 Å². The lowest BCUT2D eigenvalue weighted by Gasteiger charge is -2.08. The molecule has 19 heavy (non-hydrogen) atoms. The molecule has 1 amide bonds. The van der Waals surface area contributed by atoms with Gasteiger partial charge in [0.2, 0.25) is 0 Å². The zero-order valence-corrected chi connectivity index (χ0v) is 12.6. The van der Waals surface area contributed by atoms with Crippen LogP contribution in [0.3, 0.4) is 0 Å². The van der Waals surface area contributed by atoms with Crippen molar-refractivity contribution in [1.82, 2.24) is 0 Å². The van der Waals surface area contributed by atoms with Gasteiger partial charge < -0.3 is 5.32 Å². The van der Waals surface area contributed by atoms with E-state index >= 15 is 0 Å². The van der Waals surface area contributed by atoms with Gasteiger partial charge in [0.25, 0.3) is 5.91 Å². The van der Waals surface area contributed by atoms with Crippen LogP contribution < -0.4 is 5.32 Å². The van der Waals surface area contributed by atoms with Crippen molar-refractivity contribution < 1.29 is 13.6 Å². The number of rotatable bonds is 2. The molecule has 2 rings (SSSR count). The molecule has 0 bridgehead atoms. The molecule has 0 unspecified atom stereocenters. The van der Waals surface area contributed by atoms with Crippen molar-refractivity contribution in [3.8, 4) is 0 Å². The van der Waals surface area contributed by atoms with Crippen molar-refractivity contribution in [3.05, 3.63) is 62.5 Å². The summed E-state index contributed by atoms with van der Waals surface area (Å²) in [4.78, 5) is 11.9. The molecule has 2 aromatic rings. The standard InChI is InChI=1S/C13H7Br2F2NO/c14-8-4-2-1-3-7(8)13(19)18-12-6-10(16)9(15)5-11(12)17/h1-6H,(H,18,19). The Balaban J connectivity index is 2.30. The van der Waals surface area contributed by atoms with E-state index in [0.717, 1.165) is 12.1 Å². The van der Waals surface area contributed by atoms with Gasteiger partial charge in [0.05, 0.1) is 15.7 Å². The monoisotopic (exact) mass is 389 g/mol. The van der Waals surface area contributed by atoms with Gasteiger partial charge in [0.15, 0.2) is 0 Å². The molecule has 0 fully saturated rings. The lowest BCUT2D eigenvalue weighted by Crippen LogP contribution is -2.13. The molecule has 2 aromatic carbocycles. The number of carbonyl (C=O) groups is 1. The summed E-state index contributed by atoms with van der Waals surface area (Å²) in [6, 6.07) is 8.58. The summed E-state index contributed by atoms with van der Waals surface area (Å²) in [7, 11) is 0. The Kier molecular flexibility index (Phi) is 4.31. The first-order valence-electron chi connectivity index (χ1n) is 5.19. The number of hydrogen-bond acceptors (Lipinski definition) is 1. The molecule has 2 nitrogen and oxygen atoms in total. The maximum Gasteiger partial charge on any atom is 0.256 e. The Morgan fingerprint density at radius 3 is 2.37 bits per heavy atom. The third-order valence-electron chi connectivity index (χ3n) is 2.38. The maximum atomic E-state index is 13.6. The summed E-state index contributed by atoms with van der Waals surface area (Å²) in [5, 5.41) is 2.33. The van der Waals surface area contributed by atoms with Gasteiger partial charge in [-0.2, -0.15) is 0 Å². The Bertz CT molecular complexity index is 647. The van der Waals surface area contributed by atoms with Crippen LogP contribution in [0.15, 0.2) is 45.3 Å². The minimum atomic E-state index is -0.714. The van der Waals surface area contributed by atoms with Crippen molar-refractivity contribution >= 4 is 43.5 Å². The fourth-order valence-electron chi connectivity index (χ4n) is 1.45. The number of carbonyl (C=O) groups excluding carboxylic acids is 1. The van der Waals surface area contributed by atoms with E-state index < -0.39 is 17.5 Å². The van der Waals surface area contributed by atoms with E-state index in [1.165, 1.54) is 0 Å². The molecule has 0 spiro atoms. The van der Waals surface area contributed by atoms with Crippen LogP contribution in [0, 0.1) is 11.6 Å². The molecule has 0 aliphatic heterocycles. The molecule has 0 saturated heterocycles. The molecular weight excluding hydrogens is 384 g/mol. The van der Waals surface area contributed by atoms with Crippen LogP contribution >= 0.6 is 31.9 Å². The molecule has 0 saturated carbocycles. The predicted octanol–water partition coefficient (Wildman–Crippen LogP) is 4.74. The SMILES string of the molecule is O=C(Nc1cc(F)c(Br)cc1F)c1ccccc1Br. The van der Waals surface area contributed by atoms with Gasteiger partial charge in [0.1, 0.15) is 11.6 Å². The van der Waals surface area contributed by atoms with Crippen LogP contribution in [0.2, 0.25) is 0 Å². The second-order valence-electron chi connectivity index (χ2n) is 3.68. The summed E-state index contributed by atoms with van der Waals surface area (Å²) in [5.41, 5.74) is 0.131. The average Bonchev–Trinajstić information content (AvgIpc) is 2.36. The molecule has 0 aromatic heterocycles. The minimum absolute atomic E-state index is 0.00360. The van der Waals surface area contributed by atoms with Gasteiger partial charge in [-0.15, -0.1) is 0 Å². The fraction of sp³-hybridized carbons (Fsp3) is 0. The zero-order valence-electron chi connectivity index (χ0n) is 9.38. The highest BCUT2D eigenvalue weighted by atomic mass is 79.9. The van der Waals surface area contributed by atoms with Crippen LogP contribution in [0.4, 0.5) is 14.5 Å². The van der Waals surface area contributed by atoms with Crippen molar-refractivity contribution in [2.45, 2.75) is 0 Å². The summed E-state index contributed by atoms with van der Waals surface area (Å²) in [5.74, 6) is -1.88. The van der Waals surface area contributed by atoms with E-state index in [0.29, 0.717) is 10.0 Å². The van der Waals surface area contributed by atoms with Crippen molar-refractivity contribution in [1.29, 1.82) is 0 Å². The maximum absolute atomic E-state index is 13.6. The normalized spacial score (nSPS) is 10.3. The van der Waals surface area contributed by atoms with Crippen molar-refractivity contribution in [2.24, 2.45) is 0 Å². The van der Waals surface area contributed by atoms with E-state index in [-0.39, 0.29) is 10.2 Å². The molecule has 6 heteroatoms. The quantitative estimate of drug-likeness (QED) is 0.737. The Hall–Kier alpha value is -1.27. The average molecular weight is 391 g/mol. The number of halogens is 4. The first-order chi connectivity index (χ1) is 8.99. The van der Waals surface area contributed by atoms with Gasteiger partial charge >= 0.3 is 0 Å². The zero-order chi connectivity index (χ0) is 14.0. The molecule has 0 radical (unpaired) electrons. The molecule has 1 N–H and O–H groups in total. The van der Waals surface area contributed by atoms with E-state index in [9.17, 15) is 13.6 Å². The summed E-state index contributed by atoms with van der Waals surface area (Å²) in [6.45, 7) is 0. The number of hydrogen-bond donors (Lipinski definition) is 1. The van der Waals surface area contributed by atoms with Gasteiger partial charge in [0, 0.05) is 10.5 Å². The number of nitrogens with one attached hydrogen (secondary N) is 1. The van der Waals surface area contributed by atoms with Crippen LogP contribution in [0.25, 0.3) is 0 Å². The largest absolute Gasteiger partial charge is 0.319 e. The molecule has 0 aliphatic rings. The summed E-state index contributed by atoms with van der Waals surface area (Å²) >= 11 is 6.09. The van der Waals surface area contributed by atoms with E-state index in [4.69, 9.17) is 0 Å². The van der Waals surface area contributed by atoms with E-state index in [1.807, 2.05) is 0 Å². The van der Waals surface area contributed by atoms with Gasteiger partial charge in [-0.05, 0) is 50.1 Å². The highest BCUT2D eigenvalue weighted by Crippen LogP contribution is 2.24. The number of amides is 1. The fourth-order valence-corrected chi connectivity index (χ4v) is 2.23. The molecular formula is C13H7Br2F2NO. The number of anilines is 1. The molecule has 0 heterocycles. The highest BCUT2D eigenvalue weighted by molar-refractivity contribution is 9.10. The predicted molar refractivity (Wildman–Crippen MR) is 76.2 cm³/mol. The molecule has 98 valence electrons. The first kappa shape index (κ1) is 14.1. The lowest BCUT2D eigenvalue weighted by atomic mass is 10.2. The third kappa shape index (κ3) is 3.19. The molecule has 0 atom stereocenters. The van der Waals surface area contributed by atoms with E-state index in [1.54, 1.807) is 24.3 Å². The topological polar surface area (TPSA) is 29.1 Å². The molecule has 0 aliphatic carbocycles. The van der Waals surface area contributed by atoms with Gasteiger partial charge in [-0.25, -0.2) is 8.78 Å². The highest BCUT2D eigenvalue weighted by Gasteiger charge is 2.14. The van der Waals surface area contributed by atoms with E-state index in [2.05, 4.69) is 37.2 Å². The Morgan fingerprint density at radius 1 is 1.00 bits per heavy atom. The van der Waals surface area contributed by atoms with Crippen LogP contribution in [-0.2, 0) is 0 Å². The van der Waals surface area contributed by atoms with Crippen molar-refractivity contribution in [3.63, 3.8) is 0 Å². The van der Waals surface area contributed by atoms with Crippen molar-refractivity contribution in [2.75, 3.05) is 5.32 Å².